The molecule has 1 unspecified atom stereocenters. The van der Waals surface area contributed by atoms with Crippen molar-refractivity contribution in [3.05, 3.63) is 71.8 Å². The van der Waals surface area contributed by atoms with Crippen LogP contribution in [0.1, 0.15) is 48.2 Å². The van der Waals surface area contributed by atoms with Crippen LogP contribution in [0.25, 0.3) is 0 Å². The number of ether oxygens (including phenoxy) is 3. The molecule has 4 aromatic rings. The molecule has 2 aromatic carbocycles. The monoisotopic (exact) mass is 642 g/mol. The van der Waals surface area contributed by atoms with Crippen molar-refractivity contribution in [2.24, 2.45) is 13.0 Å². The highest BCUT2D eigenvalue weighted by Gasteiger charge is 2.39. The first-order chi connectivity index (χ1) is 21.3. The Labute approximate surface area is 260 Å². The minimum Gasteiger partial charge on any atom is -0.497 e. The summed E-state index contributed by atoms with van der Waals surface area (Å²) in [5.41, 5.74) is 2.59. The maximum absolute atomic E-state index is 14.2. The largest absolute Gasteiger partial charge is 0.497 e. The minimum absolute atomic E-state index is 0.00589. The summed E-state index contributed by atoms with van der Waals surface area (Å²) >= 11 is 0.991. The van der Waals surface area contributed by atoms with E-state index in [4.69, 9.17) is 14.2 Å². The molecule has 44 heavy (non-hydrogen) atoms. The van der Waals surface area contributed by atoms with E-state index >= 15 is 0 Å². The second kappa shape index (κ2) is 12.7. The standard InChI is InChI=1S/C30H35FN6O5S2/c1-35-26(8-11-33-35)27-14-20(17-31)9-12-36(27)25-10-13-42-29-16-23(6-7-24(25)29)44(38,39)37(30-32-19-34-43-30)18-21-4-5-22(40-2)15-28(21)41-3/h4-8,11,15-16,19-20,25,27H,9-10,12-14,17-18H2,1-3H3/t20-,25?,27+/m1/s1. The summed E-state index contributed by atoms with van der Waals surface area (Å²) in [6, 6.07) is 12.3. The molecule has 11 nitrogen and oxygen atoms in total. The third-order valence-electron chi connectivity index (χ3n) is 8.52. The number of aryl methyl sites for hydroxylation is 1. The summed E-state index contributed by atoms with van der Waals surface area (Å²) in [6.45, 7) is 0.789. The molecule has 2 aliphatic heterocycles. The maximum Gasteiger partial charge on any atom is 0.266 e. The average molecular weight is 643 g/mol. The van der Waals surface area contributed by atoms with Gasteiger partial charge in [-0.1, -0.05) is 6.07 Å². The van der Waals surface area contributed by atoms with Crippen LogP contribution in [0.3, 0.4) is 0 Å². The zero-order valence-electron chi connectivity index (χ0n) is 24.8. The van der Waals surface area contributed by atoms with Gasteiger partial charge in [-0.15, -0.1) is 0 Å². The van der Waals surface area contributed by atoms with Gasteiger partial charge in [0.15, 0.2) is 0 Å². The lowest BCUT2D eigenvalue weighted by Crippen LogP contribution is -2.42. The van der Waals surface area contributed by atoms with Crippen LogP contribution in [0.15, 0.2) is 59.9 Å². The van der Waals surface area contributed by atoms with E-state index in [2.05, 4.69) is 19.4 Å². The van der Waals surface area contributed by atoms with E-state index in [1.807, 2.05) is 23.9 Å². The van der Waals surface area contributed by atoms with E-state index in [1.165, 1.54) is 17.7 Å². The van der Waals surface area contributed by atoms with Gasteiger partial charge in [-0.25, -0.2) is 17.7 Å². The lowest BCUT2D eigenvalue weighted by Gasteiger charge is -2.45. The van der Waals surface area contributed by atoms with E-state index < -0.39 is 10.0 Å². The topological polar surface area (TPSA) is 112 Å². The Hall–Kier alpha value is -3.75. The van der Waals surface area contributed by atoms with Crippen molar-refractivity contribution in [2.75, 3.05) is 38.4 Å². The number of methoxy groups -OCH3 is 2. The number of hydrogen-bond donors (Lipinski definition) is 0. The van der Waals surface area contributed by atoms with Crippen LogP contribution in [-0.2, 0) is 23.6 Å². The van der Waals surface area contributed by atoms with Crippen LogP contribution in [0.4, 0.5) is 9.52 Å². The van der Waals surface area contributed by atoms with Gasteiger partial charge >= 0.3 is 0 Å². The van der Waals surface area contributed by atoms with Gasteiger partial charge in [-0.3, -0.25) is 14.0 Å². The first-order valence-corrected chi connectivity index (χ1v) is 16.6. The predicted molar refractivity (Wildman–Crippen MR) is 163 cm³/mol. The number of hydrogen-bond acceptors (Lipinski definition) is 10. The number of piperidine rings is 1. The highest BCUT2D eigenvalue weighted by molar-refractivity contribution is 7.93. The number of fused-ring (bicyclic) bond motifs is 1. The summed E-state index contributed by atoms with van der Waals surface area (Å²) in [5.74, 6) is 1.61. The van der Waals surface area contributed by atoms with Crippen molar-refractivity contribution in [3.8, 4) is 17.2 Å². The molecule has 2 aliphatic rings. The number of rotatable bonds is 10. The first-order valence-electron chi connectivity index (χ1n) is 14.4. The van der Waals surface area contributed by atoms with Crippen molar-refractivity contribution in [1.82, 2.24) is 24.0 Å². The number of likely N-dealkylation sites (tertiary alicyclic amines) is 1. The molecule has 14 heteroatoms. The van der Waals surface area contributed by atoms with Crippen LogP contribution in [0.2, 0.25) is 0 Å². The highest BCUT2D eigenvalue weighted by Crippen LogP contribution is 2.45. The fourth-order valence-electron chi connectivity index (χ4n) is 6.22. The van der Waals surface area contributed by atoms with Gasteiger partial charge in [-0.05, 0) is 49.6 Å². The van der Waals surface area contributed by atoms with E-state index in [1.54, 1.807) is 43.6 Å². The molecule has 0 saturated carbocycles. The molecule has 0 N–H and O–H groups in total. The number of benzene rings is 2. The summed E-state index contributed by atoms with van der Waals surface area (Å²) in [7, 11) is 0.898. The molecule has 0 bridgehead atoms. The van der Waals surface area contributed by atoms with Crippen molar-refractivity contribution in [2.45, 2.75) is 42.8 Å². The Bertz CT molecular complexity index is 1700. The van der Waals surface area contributed by atoms with Gasteiger partial charge in [0.05, 0.1) is 50.7 Å². The lowest BCUT2D eigenvalue weighted by atomic mass is 9.86. The van der Waals surface area contributed by atoms with Crippen LogP contribution in [0, 0.1) is 5.92 Å². The predicted octanol–water partition coefficient (Wildman–Crippen LogP) is 4.93. The molecule has 0 amide bonds. The zero-order valence-corrected chi connectivity index (χ0v) is 26.4. The Balaban J connectivity index is 1.34. The molecule has 2 aromatic heterocycles. The third kappa shape index (κ3) is 5.73. The Morgan fingerprint density at radius 1 is 1.11 bits per heavy atom. The summed E-state index contributed by atoms with van der Waals surface area (Å²) in [4.78, 5) is 6.71. The highest BCUT2D eigenvalue weighted by atomic mass is 32.2. The first kappa shape index (κ1) is 30.3. The average Bonchev–Trinajstić information content (AvgIpc) is 3.74. The van der Waals surface area contributed by atoms with Gasteiger partial charge in [-0.2, -0.15) is 9.47 Å². The zero-order chi connectivity index (χ0) is 30.8. The van der Waals surface area contributed by atoms with E-state index in [-0.39, 0.29) is 41.2 Å². The second-order valence-corrected chi connectivity index (χ2v) is 13.6. The molecule has 6 rings (SSSR count). The number of aromatic nitrogens is 4. The third-order valence-corrected chi connectivity index (χ3v) is 11.1. The quantitative estimate of drug-likeness (QED) is 0.238. The maximum atomic E-state index is 14.2. The molecule has 0 aliphatic carbocycles. The van der Waals surface area contributed by atoms with E-state index in [9.17, 15) is 12.8 Å². The molecular formula is C30H35FN6O5S2. The smallest absolute Gasteiger partial charge is 0.266 e. The van der Waals surface area contributed by atoms with Gasteiger partial charge in [0.25, 0.3) is 10.0 Å². The Morgan fingerprint density at radius 2 is 1.98 bits per heavy atom. The minimum atomic E-state index is -4.09. The van der Waals surface area contributed by atoms with E-state index in [0.717, 1.165) is 42.2 Å². The fourth-order valence-corrected chi connectivity index (χ4v) is 8.37. The molecule has 0 radical (unpaired) electrons. The van der Waals surface area contributed by atoms with Crippen LogP contribution >= 0.6 is 11.5 Å². The normalized spacial score (nSPS) is 20.5. The number of nitrogens with zero attached hydrogens (tertiary/aromatic N) is 6. The summed E-state index contributed by atoms with van der Waals surface area (Å²) in [5, 5.41) is 4.60. The van der Waals surface area contributed by atoms with Gasteiger partial charge in [0.2, 0.25) is 5.13 Å². The number of halogens is 1. The van der Waals surface area contributed by atoms with Gasteiger partial charge in [0.1, 0.15) is 23.6 Å². The van der Waals surface area contributed by atoms with E-state index in [0.29, 0.717) is 35.8 Å². The Morgan fingerprint density at radius 3 is 2.68 bits per heavy atom. The van der Waals surface area contributed by atoms with Crippen molar-refractivity contribution < 1.29 is 27.0 Å². The molecular weight excluding hydrogens is 607 g/mol. The number of sulfonamides is 1. The SMILES string of the molecule is COc1ccc(CN(c2ncns2)S(=O)(=O)c2ccc3c(c2)OCCC3N2CC[C@@H](CF)C[C@H]2c2ccnn2C)c(OC)c1. The van der Waals surface area contributed by atoms with Crippen LogP contribution in [0.5, 0.6) is 17.2 Å². The van der Waals surface area contributed by atoms with Crippen molar-refractivity contribution >= 4 is 26.7 Å². The van der Waals surface area contributed by atoms with Gasteiger partial charge in [0, 0.05) is 60.5 Å². The molecule has 1 fully saturated rings. The van der Waals surface area contributed by atoms with Gasteiger partial charge < -0.3 is 14.2 Å². The van der Waals surface area contributed by atoms with Crippen molar-refractivity contribution in [3.63, 3.8) is 0 Å². The van der Waals surface area contributed by atoms with Crippen LogP contribution < -0.4 is 18.5 Å². The molecule has 4 heterocycles. The second-order valence-electron chi connectivity index (χ2n) is 10.9. The summed E-state index contributed by atoms with van der Waals surface area (Å²) in [6.07, 6.45) is 5.30. The molecule has 234 valence electrons. The lowest BCUT2D eigenvalue weighted by molar-refractivity contribution is 0.0358. The van der Waals surface area contributed by atoms with Crippen molar-refractivity contribution in [1.29, 1.82) is 0 Å². The fraction of sp³-hybridized carbons (Fsp3) is 0.433. The molecule has 3 atom stereocenters. The molecule has 1 saturated heterocycles. The Kier molecular flexibility index (Phi) is 8.74. The molecule has 0 spiro atoms. The van der Waals surface area contributed by atoms with Crippen LogP contribution in [-0.4, -0.2) is 66.5 Å². The summed E-state index contributed by atoms with van der Waals surface area (Å²) < 4.78 is 66.3. The number of alkyl halides is 1. The number of anilines is 1.